The van der Waals surface area contributed by atoms with E-state index in [0.717, 1.165) is 59.9 Å². The zero-order chi connectivity index (χ0) is 25.2. The molecule has 2 fully saturated rings. The van der Waals surface area contributed by atoms with Crippen molar-refractivity contribution in [2.24, 2.45) is 0 Å². The fourth-order valence-electron chi connectivity index (χ4n) is 5.85. The lowest BCUT2D eigenvalue weighted by Crippen LogP contribution is -2.48. The van der Waals surface area contributed by atoms with Crippen molar-refractivity contribution in [3.8, 4) is 0 Å². The summed E-state index contributed by atoms with van der Waals surface area (Å²) in [6.07, 6.45) is 9.46. The van der Waals surface area contributed by atoms with Crippen LogP contribution in [0.2, 0.25) is 5.02 Å². The molecule has 2 aromatic heterocycles. The molecule has 1 unspecified atom stereocenters. The largest absolute Gasteiger partial charge is 0.368 e. The standard InChI is InChI=1S/C30H32ClN5O/c31-24-8-5-9-25(19-24)33-15-17-34(18-16-33)30(37)27-21-36(29-12-2-1-10-26(27)29)22-35-14-4-3-11-28(35)23-7-6-13-32-20-23/h1-2,5-10,12-13,19-21,28H,3-4,11,14-18,22H2. The molecule has 0 aliphatic carbocycles. The van der Waals surface area contributed by atoms with E-state index in [4.69, 9.17) is 11.6 Å². The third-order valence-corrected chi connectivity index (χ3v) is 8.01. The first-order valence-electron chi connectivity index (χ1n) is 13.2. The highest BCUT2D eigenvalue weighted by Crippen LogP contribution is 2.32. The lowest BCUT2D eigenvalue weighted by atomic mass is 9.97. The molecule has 2 aliphatic heterocycles. The molecule has 4 aromatic rings. The molecule has 0 bridgehead atoms. The average molecular weight is 514 g/mol. The predicted molar refractivity (Wildman–Crippen MR) is 149 cm³/mol. The van der Waals surface area contributed by atoms with Crippen molar-refractivity contribution >= 4 is 34.1 Å². The van der Waals surface area contributed by atoms with Gasteiger partial charge in [0.2, 0.25) is 0 Å². The third-order valence-electron chi connectivity index (χ3n) is 7.78. The normalized spacial score (nSPS) is 18.9. The molecule has 0 saturated carbocycles. The Hall–Kier alpha value is -3.35. The van der Waals surface area contributed by atoms with E-state index in [0.29, 0.717) is 19.1 Å². The van der Waals surface area contributed by atoms with Gasteiger partial charge in [0, 0.05) is 79.0 Å². The van der Waals surface area contributed by atoms with Crippen LogP contribution in [0.1, 0.15) is 41.2 Å². The van der Waals surface area contributed by atoms with Gasteiger partial charge in [0.15, 0.2) is 0 Å². The van der Waals surface area contributed by atoms with Crippen LogP contribution in [0.5, 0.6) is 0 Å². The highest BCUT2D eigenvalue weighted by Gasteiger charge is 2.28. The Morgan fingerprint density at radius 2 is 1.81 bits per heavy atom. The number of likely N-dealkylation sites (tertiary alicyclic amines) is 1. The second kappa shape index (κ2) is 10.6. The van der Waals surface area contributed by atoms with Crippen molar-refractivity contribution in [1.29, 1.82) is 0 Å². The monoisotopic (exact) mass is 513 g/mol. The van der Waals surface area contributed by atoms with Gasteiger partial charge in [-0.25, -0.2) is 0 Å². The lowest BCUT2D eigenvalue weighted by Gasteiger charge is -2.36. The van der Waals surface area contributed by atoms with Crippen LogP contribution in [0.25, 0.3) is 10.9 Å². The second-order valence-electron chi connectivity index (χ2n) is 10.0. The predicted octanol–water partition coefficient (Wildman–Crippen LogP) is 5.84. The molecule has 0 N–H and O–H groups in total. The van der Waals surface area contributed by atoms with E-state index < -0.39 is 0 Å². The maximum absolute atomic E-state index is 13.8. The van der Waals surface area contributed by atoms with E-state index in [-0.39, 0.29) is 5.91 Å². The molecule has 37 heavy (non-hydrogen) atoms. The molecule has 0 radical (unpaired) electrons. The van der Waals surface area contributed by atoms with Crippen LogP contribution in [-0.2, 0) is 6.67 Å². The highest BCUT2D eigenvalue weighted by molar-refractivity contribution is 6.30. The van der Waals surface area contributed by atoms with Crippen LogP contribution < -0.4 is 4.90 Å². The fourth-order valence-corrected chi connectivity index (χ4v) is 6.04. The van der Waals surface area contributed by atoms with Gasteiger partial charge in [-0.15, -0.1) is 0 Å². The Morgan fingerprint density at radius 3 is 2.62 bits per heavy atom. The van der Waals surface area contributed by atoms with E-state index in [1.807, 2.05) is 47.6 Å². The van der Waals surface area contributed by atoms with Gasteiger partial charge in [-0.1, -0.05) is 48.4 Å². The molecule has 2 aromatic carbocycles. The number of benzene rings is 2. The van der Waals surface area contributed by atoms with Crippen LogP contribution in [0.4, 0.5) is 5.69 Å². The Kier molecular flexibility index (Phi) is 6.85. The Labute approximate surface area is 223 Å². The maximum Gasteiger partial charge on any atom is 0.256 e. The first kappa shape index (κ1) is 24.0. The van der Waals surface area contributed by atoms with Crippen molar-refractivity contribution in [3.63, 3.8) is 0 Å². The molecule has 4 heterocycles. The molecule has 6 rings (SSSR count). The molecule has 2 aliphatic rings. The number of rotatable bonds is 5. The summed E-state index contributed by atoms with van der Waals surface area (Å²) in [7, 11) is 0. The summed E-state index contributed by atoms with van der Waals surface area (Å²) in [5.74, 6) is 0.114. The zero-order valence-corrected chi connectivity index (χ0v) is 21.7. The van der Waals surface area contributed by atoms with Gasteiger partial charge < -0.3 is 14.4 Å². The number of piperidine rings is 1. The number of fused-ring (bicyclic) bond motifs is 1. The molecule has 6 nitrogen and oxygen atoms in total. The lowest BCUT2D eigenvalue weighted by molar-refractivity contribution is 0.0747. The smallest absolute Gasteiger partial charge is 0.256 e. The summed E-state index contributed by atoms with van der Waals surface area (Å²) in [5, 5.41) is 1.77. The van der Waals surface area contributed by atoms with Gasteiger partial charge in [-0.05, 0) is 48.7 Å². The molecule has 0 spiro atoms. The minimum Gasteiger partial charge on any atom is -0.368 e. The first-order chi connectivity index (χ1) is 18.2. The number of anilines is 1. The van der Waals surface area contributed by atoms with Crippen molar-refractivity contribution in [2.75, 3.05) is 37.6 Å². The van der Waals surface area contributed by atoms with Crippen molar-refractivity contribution in [3.05, 3.63) is 95.4 Å². The maximum atomic E-state index is 13.8. The quantitative estimate of drug-likeness (QED) is 0.336. The van der Waals surface area contributed by atoms with Crippen LogP contribution >= 0.6 is 11.6 Å². The highest BCUT2D eigenvalue weighted by atomic mass is 35.5. The Morgan fingerprint density at radius 1 is 0.946 bits per heavy atom. The number of carbonyl (C=O) groups excluding carboxylic acids is 1. The summed E-state index contributed by atoms with van der Waals surface area (Å²) in [6, 6.07) is 20.8. The number of pyridine rings is 1. The summed E-state index contributed by atoms with van der Waals surface area (Å²) in [6.45, 7) is 4.79. The van der Waals surface area contributed by atoms with E-state index in [1.54, 1.807) is 0 Å². The number of carbonyl (C=O) groups is 1. The topological polar surface area (TPSA) is 44.6 Å². The second-order valence-corrected chi connectivity index (χ2v) is 10.5. The zero-order valence-electron chi connectivity index (χ0n) is 21.0. The number of hydrogen-bond donors (Lipinski definition) is 0. The Balaban J connectivity index is 1.22. The van der Waals surface area contributed by atoms with Gasteiger partial charge in [0.25, 0.3) is 5.91 Å². The minimum atomic E-state index is 0.114. The molecule has 7 heteroatoms. The van der Waals surface area contributed by atoms with Crippen molar-refractivity contribution in [2.45, 2.75) is 32.0 Å². The summed E-state index contributed by atoms with van der Waals surface area (Å²) < 4.78 is 2.26. The number of hydrogen-bond acceptors (Lipinski definition) is 4. The number of piperazine rings is 1. The number of amides is 1. The molecule has 190 valence electrons. The van der Waals surface area contributed by atoms with Gasteiger partial charge in [-0.2, -0.15) is 0 Å². The molecular weight excluding hydrogens is 482 g/mol. The molecular formula is C30H32ClN5O. The van der Waals surface area contributed by atoms with E-state index in [9.17, 15) is 4.79 Å². The number of halogens is 1. The summed E-state index contributed by atoms with van der Waals surface area (Å²) in [4.78, 5) is 24.9. The minimum absolute atomic E-state index is 0.114. The summed E-state index contributed by atoms with van der Waals surface area (Å²) in [5.41, 5.74) is 4.29. The third kappa shape index (κ3) is 4.96. The van der Waals surface area contributed by atoms with Crippen LogP contribution in [-0.4, -0.2) is 58.0 Å². The van der Waals surface area contributed by atoms with Gasteiger partial charge in [-0.3, -0.25) is 14.7 Å². The van der Waals surface area contributed by atoms with Crippen LogP contribution in [0.15, 0.2) is 79.3 Å². The first-order valence-corrected chi connectivity index (χ1v) is 13.6. The number of nitrogens with zero attached hydrogens (tertiary/aromatic N) is 5. The van der Waals surface area contributed by atoms with Gasteiger partial charge in [0.05, 0.1) is 12.2 Å². The molecule has 1 atom stereocenters. The molecule has 1 amide bonds. The van der Waals surface area contributed by atoms with E-state index in [2.05, 4.69) is 55.9 Å². The van der Waals surface area contributed by atoms with Crippen LogP contribution in [0.3, 0.4) is 0 Å². The van der Waals surface area contributed by atoms with Crippen molar-refractivity contribution < 1.29 is 4.79 Å². The average Bonchev–Trinajstić information content (AvgIpc) is 3.32. The number of aromatic nitrogens is 2. The fraction of sp³-hybridized carbons (Fsp3) is 0.333. The SMILES string of the molecule is O=C(c1cn(CN2CCCCC2c2cccnc2)c2ccccc12)N1CCN(c2cccc(Cl)c2)CC1. The summed E-state index contributed by atoms with van der Waals surface area (Å²) >= 11 is 6.19. The van der Waals surface area contributed by atoms with E-state index in [1.165, 1.54) is 18.4 Å². The van der Waals surface area contributed by atoms with Crippen molar-refractivity contribution in [1.82, 2.24) is 19.4 Å². The molecule has 2 saturated heterocycles. The Bertz CT molecular complexity index is 1380. The van der Waals surface area contributed by atoms with Gasteiger partial charge >= 0.3 is 0 Å². The van der Waals surface area contributed by atoms with Crippen LogP contribution in [0, 0.1) is 0 Å². The number of para-hydroxylation sites is 1. The van der Waals surface area contributed by atoms with E-state index >= 15 is 0 Å². The van der Waals surface area contributed by atoms with Gasteiger partial charge in [0.1, 0.15) is 0 Å².